The fraction of sp³-hybridized carbons (Fsp3) is 0.133. The molecular formula is C15H13NO3S. The van der Waals surface area contributed by atoms with Gasteiger partial charge in [0.05, 0.1) is 12.8 Å². The van der Waals surface area contributed by atoms with E-state index in [2.05, 4.69) is 0 Å². The molecule has 0 saturated carbocycles. The molecule has 0 fully saturated rings. The smallest absolute Gasteiger partial charge is 0.215 e. The zero-order chi connectivity index (χ0) is 14.1. The van der Waals surface area contributed by atoms with Gasteiger partial charge in [0, 0.05) is 10.5 Å². The number of phenolic OH excluding ortho intramolecular Hbond substituents is 1. The molecule has 2 aromatic rings. The molecule has 1 unspecified atom stereocenters. The molecule has 0 spiro atoms. The number of amides is 1. The lowest BCUT2D eigenvalue weighted by Crippen LogP contribution is -2.21. The molecule has 0 aromatic heterocycles. The van der Waals surface area contributed by atoms with Gasteiger partial charge in [-0.25, -0.2) is 0 Å². The second-order valence-corrected chi connectivity index (χ2v) is 5.50. The maximum Gasteiger partial charge on any atom is 0.215 e. The van der Waals surface area contributed by atoms with Crippen molar-refractivity contribution in [2.45, 2.75) is 10.3 Å². The van der Waals surface area contributed by atoms with Crippen LogP contribution in [0.4, 0.5) is 5.69 Å². The number of carbonyl (C=O) groups is 1. The summed E-state index contributed by atoms with van der Waals surface area (Å²) < 4.78 is 5.19. The van der Waals surface area contributed by atoms with Crippen LogP contribution in [0, 0.1) is 0 Å². The van der Waals surface area contributed by atoms with Gasteiger partial charge >= 0.3 is 0 Å². The third-order valence-corrected chi connectivity index (χ3v) is 4.55. The zero-order valence-electron chi connectivity index (χ0n) is 10.8. The van der Waals surface area contributed by atoms with Gasteiger partial charge in [-0.1, -0.05) is 23.9 Å². The van der Waals surface area contributed by atoms with Crippen molar-refractivity contribution in [2.75, 3.05) is 12.0 Å². The van der Waals surface area contributed by atoms with E-state index in [0.717, 1.165) is 17.0 Å². The van der Waals surface area contributed by atoms with Crippen molar-refractivity contribution in [3.8, 4) is 11.5 Å². The molecule has 0 saturated heterocycles. The van der Waals surface area contributed by atoms with Gasteiger partial charge in [0.15, 0.2) is 0 Å². The number of carbonyl (C=O) groups excluding carboxylic acids is 1. The van der Waals surface area contributed by atoms with Crippen LogP contribution in [0.25, 0.3) is 0 Å². The lowest BCUT2D eigenvalue weighted by molar-refractivity contribution is -0.107. The Bertz CT molecular complexity index is 659. The summed E-state index contributed by atoms with van der Waals surface area (Å²) in [7, 11) is 1.57. The number of phenols is 1. The van der Waals surface area contributed by atoms with E-state index >= 15 is 0 Å². The molecule has 0 aliphatic carbocycles. The SMILES string of the molecule is COc1ccc(O)c(C2Sc3ccccc3N2C=O)c1. The number of thioether (sulfide) groups is 1. The highest BCUT2D eigenvalue weighted by molar-refractivity contribution is 8.00. The minimum absolute atomic E-state index is 0.156. The number of aromatic hydroxyl groups is 1. The Labute approximate surface area is 121 Å². The van der Waals surface area contributed by atoms with Gasteiger partial charge < -0.3 is 9.84 Å². The quantitative estimate of drug-likeness (QED) is 0.881. The Kier molecular flexibility index (Phi) is 3.28. The van der Waals surface area contributed by atoms with Gasteiger partial charge in [0.1, 0.15) is 16.9 Å². The summed E-state index contributed by atoms with van der Waals surface area (Å²) in [6, 6.07) is 12.7. The van der Waals surface area contributed by atoms with Crippen molar-refractivity contribution in [3.05, 3.63) is 48.0 Å². The molecule has 102 valence electrons. The highest BCUT2D eigenvalue weighted by Crippen LogP contribution is 2.52. The highest BCUT2D eigenvalue weighted by atomic mass is 32.2. The van der Waals surface area contributed by atoms with Crippen LogP contribution < -0.4 is 9.64 Å². The van der Waals surface area contributed by atoms with Crippen molar-refractivity contribution in [2.24, 2.45) is 0 Å². The summed E-state index contributed by atoms with van der Waals surface area (Å²) in [5.41, 5.74) is 1.53. The Balaban J connectivity index is 2.06. The van der Waals surface area contributed by atoms with E-state index in [1.165, 1.54) is 11.8 Å². The average molecular weight is 287 g/mol. The first-order chi connectivity index (χ1) is 9.74. The van der Waals surface area contributed by atoms with E-state index in [4.69, 9.17) is 4.74 Å². The fourth-order valence-corrected chi connectivity index (χ4v) is 3.54. The molecule has 3 rings (SSSR count). The first-order valence-corrected chi connectivity index (χ1v) is 6.99. The van der Waals surface area contributed by atoms with E-state index in [1.54, 1.807) is 30.2 Å². The summed E-state index contributed by atoms with van der Waals surface area (Å²) in [5, 5.41) is 9.79. The van der Waals surface area contributed by atoms with Crippen molar-refractivity contribution >= 4 is 23.9 Å². The van der Waals surface area contributed by atoms with Crippen LogP contribution in [0.15, 0.2) is 47.4 Å². The molecule has 2 aromatic carbocycles. The van der Waals surface area contributed by atoms with E-state index in [0.29, 0.717) is 11.3 Å². The van der Waals surface area contributed by atoms with Gasteiger partial charge in [-0.2, -0.15) is 0 Å². The van der Waals surface area contributed by atoms with Crippen LogP contribution >= 0.6 is 11.8 Å². The van der Waals surface area contributed by atoms with Crippen LogP contribution in [0.5, 0.6) is 11.5 Å². The standard InChI is InChI=1S/C15H13NO3S/c1-19-10-6-7-13(18)11(8-10)15-16(9-17)12-4-2-3-5-14(12)20-15/h2-9,15,18H,1H3. The molecule has 5 heteroatoms. The summed E-state index contributed by atoms with van der Waals surface area (Å²) in [4.78, 5) is 14.1. The average Bonchev–Trinajstić information content (AvgIpc) is 2.86. The molecule has 1 N–H and O–H groups in total. The van der Waals surface area contributed by atoms with Crippen molar-refractivity contribution in [1.29, 1.82) is 0 Å². The Morgan fingerprint density at radius 1 is 1.30 bits per heavy atom. The van der Waals surface area contributed by atoms with Crippen molar-refractivity contribution < 1.29 is 14.6 Å². The van der Waals surface area contributed by atoms with E-state index < -0.39 is 0 Å². The molecule has 0 bridgehead atoms. The number of rotatable bonds is 3. The van der Waals surface area contributed by atoms with Crippen LogP contribution in [0.1, 0.15) is 10.9 Å². The number of nitrogens with zero attached hydrogens (tertiary/aromatic N) is 1. The largest absolute Gasteiger partial charge is 0.508 e. The molecule has 1 aliphatic rings. The van der Waals surface area contributed by atoms with Crippen molar-refractivity contribution in [3.63, 3.8) is 0 Å². The summed E-state index contributed by atoms with van der Waals surface area (Å²) >= 11 is 1.53. The minimum Gasteiger partial charge on any atom is -0.508 e. The first kappa shape index (κ1) is 12.9. The third kappa shape index (κ3) is 2.00. The number of para-hydroxylation sites is 1. The molecule has 20 heavy (non-hydrogen) atoms. The fourth-order valence-electron chi connectivity index (χ4n) is 2.26. The number of fused-ring (bicyclic) bond motifs is 1. The van der Waals surface area contributed by atoms with Gasteiger partial charge in [-0.05, 0) is 30.3 Å². The second-order valence-electron chi connectivity index (χ2n) is 4.38. The molecule has 0 radical (unpaired) electrons. The monoisotopic (exact) mass is 287 g/mol. The number of ether oxygens (including phenoxy) is 1. The zero-order valence-corrected chi connectivity index (χ0v) is 11.6. The predicted molar refractivity (Wildman–Crippen MR) is 78.2 cm³/mol. The highest BCUT2D eigenvalue weighted by Gasteiger charge is 2.32. The number of benzene rings is 2. The Morgan fingerprint density at radius 3 is 2.85 bits per heavy atom. The maximum atomic E-state index is 11.4. The van der Waals surface area contributed by atoms with Gasteiger partial charge in [-0.3, -0.25) is 9.69 Å². The second kappa shape index (κ2) is 5.09. The maximum absolute atomic E-state index is 11.4. The first-order valence-electron chi connectivity index (χ1n) is 6.11. The summed E-state index contributed by atoms with van der Waals surface area (Å²) in [6.45, 7) is 0. The Morgan fingerprint density at radius 2 is 2.10 bits per heavy atom. The van der Waals surface area contributed by atoms with Gasteiger partial charge in [0.2, 0.25) is 6.41 Å². The molecule has 1 amide bonds. The number of hydrogen-bond donors (Lipinski definition) is 1. The summed E-state index contributed by atoms with van der Waals surface area (Å²) in [6.07, 6.45) is 0.794. The number of hydrogen-bond acceptors (Lipinski definition) is 4. The van der Waals surface area contributed by atoms with Crippen LogP contribution in [-0.4, -0.2) is 18.6 Å². The number of methoxy groups -OCH3 is 1. The van der Waals surface area contributed by atoms with Gasteiger partial charge in [-0.15, -0.1) is 0 Å². The van der Waals surface area contributed by atoms with Crippen molar-refractivity contribution in [1.82, 2.24) is 0 Å². The lowest BCUT2D eigenvalue weighted by Gasteiger charge is -2.21. The number of anilines is 1. The Hall–Kier alpha value is -2.14. The molecule has 4 nitrogen and oxygen atoms in total. The third-order valence-electron chi connectivity index (χ3n) is 3.25. The molecule has 1 heterocycles. The topological polar surface area (TPSA) is 49.8 Å². The van der Waals surface area contributed by atoms with Crippen LogP contribution in [0.3, 0.4) is 0 Å². The molecular weight excluding hydrogens is 274 g/mol. The van der Waals surface area contributed by atoms with E-state index in [-0.39, 0.29) is 11.1 Å². The van der Waals surface area contributed by atoms with E-state index in [1.807, 2.05) is 24.3 Å². The van der Waals surface area contributed by atoms with Crippen LogP contribution in [0.2, 0.25) is 0 Å². The lowest BCUT2D eigenvalue weighted by atomic mass is 10.1. The van der Waals surface area contributed by atoms with Gasteiger partial charge in [0.25, 0.3) is 0 Å². The van der Waals surface area contributed by atoms with Crippen LogP contribution in [-0.2, 0) is 4.79 Å². The molecule has 1 atom stereocenters. The normalized spacial score (nSPS) is 16.9. The summed E-state index contributed by atoms with van der Waals surface area (Å²) in [5.74, 6) is 0.808. The minimum atomic E-state index is -0.278. The van der Waals surface area contributed by atoms with E-state index in [9.17, 15) is 9.90 Å². The molecule has 1 aliphatic heterocycles. The predicted octanol–water partition coefficient (Wildman–Crippen LogP) is 3.17.